The molecule has 4 aromatic rings. The summed E-state index contributed by atoms with van der Waals surface area (Å²) in [4.78, 5) is 32.3. The summed E-state index contributed by atoms with van der Waals surface area (Å²) in [6.07, 6.45) is 0.854. The maximum atomic E-state index is 13.3. The Morgan fingerprint density at radius 3 is 2.57 bits per heavy atom. The number of amides is 1. The van der Waals surface area contributed by atoms with Gasteiger partial charge < -0.3 is 5.32 Å². The lowest BCUT2D eigenvalue weighted by Gasteiger charge is -2.12. The number of rotatable bonds is 6. The van der Waals surface area contributed by atoms with E-state index < -0.39 is 0 Å². The number of hydrogen-bond acceptors (Lipinski definition) is 5. The molecule has 2 heterocycles. The van der Waals surface area contributed by atoms with Gasteiger partial charge in [0.15, 0.2) is 5.16 Å². The number of thioether (sulfide) groups is 1. The van der Waals surface area contributed by atoms with Gasteiger partial charge in [-0.1, -0.05) is 54.6 Å². The zero-order valence-corrected chi connectivity index (χ0v) is 18.3. The number of aryl methyl sites for hydroxylation is 2. The Labute approximate surface area is 182 Å². The number of nitrogens with zero attached hydrogens (tertiary/aromatic N) is 2. The number of carbonyl (C=O) groups excluding carboxylic acids is 1. The molecular weight excluding hydrogens is 414 g/mol. The van der Waals surface area contributed by atoms with E-state index in [9.17, 15) is 9.59 Å². The molecule has 1 N–H and O–H groups in total. The van der Waals surface area contributed by atoms with Crippen molar-refractivity contribution in [3.05, 3.63) is 81.5 Å². The van der Waals surface area contributed by atoms with Crippen LogP contribution in [0.15, 0.2) is 70.6 Å². The molecule has 0 saturated carbocycles. The van der Waals surface area contributed by atoms with Gasteiger partial charge in [0.25, 0.3) is 5.56 Å². The van der Waals surface area contributed by atoms with Gasteiger partial charge in [-0.05, 0) is 43.7 Å². The van der Waals surface area contributed by atoms with E-state index in [-0.39, 0.29) is 17.2 Å². The SMILES string of the molecule is CCc1cc2c(=O)n(-c3ccccc3)c(SCC(=O)Nc3ccc(C)cc3)nc2s1. The molecule has 152 valence electrons. The number of aromatic nitrogens is 2. The summed E-state index contributed by atoms with van der Waals surface area (Å²) in [6.45, 7) is 4.06. The number of thiophene rings is 1. The summed E-state index contributed by atoms with van der Waals surface area (Å²) in [7, 11) is 0. The van der Waals surface area contributed by atoms with Crippen LogP contribution in [0.1, 0.15) is 17.4 Å². The number of carbonyl (C=O) groups is 1. The van der Waals surface area contributed by atoms with Gasteiger partial charge in [-0.2, -0.15) is 0 Å². The first-order valence-corrected chi connectivity index (χ1v) is 11.5. The highest BCUT2D eigenvalue weighted by Crippen LogP contribution is 2.27. The normalized spacial score (nSPS) is 11.0. The van der Waals surface area contributed by atoms with Crippen LogP contribution >= 0.6 is 23.1 Å². The van der Waals surface area contributed by atoms with Crippen molar-refractivity contribution in [2.45, 2.75) is 25.4 Å². The number of anilines is 1. The van der Waals surface area contributed by atoms with Crippen molar-refractivity contribution in [2.24, 2.45) is 0 Å². The number of benzene rings is 2. The van der Waals surface area contributed by atoms with E-state index in [4.69, 9.17) is 4.98 Å². The second-order valence-electron chi connectivity index (χ2n) is 6.86. The lowest BCUT2D eigenvalue weighted by molar-refractivity contribution is -0.113. The summed E-state index contributed by atoms with van der Waals surface area (Å²) in [6, 6.07) is 19.0. The van der Waals surface area contributed by atoms with Gasteiger partial charge in [0, 0.05) is 10.6 Å². The average Bonchev–Trinajstić information content (AvgIpc) is 3.18. The minimum absolute atomic E-state index is 0.108. The third-order valence-corrected chi connectivity index (χ3v) is 6.73. The van der Waals surface area contributed by atoms with E-state index in [1.807, 2.05) is 67.6 Å². The summed E-state index contributed by atoms with van der Waals surface area (Å²) < 4.78 is 1.60. The Bertz CT molecular complexity index is 1250. The minimum atomic E-state index is -0.141. The third-order valence-electron chi connectivity index (χ3n) is 4.62. The van der Waals surface area contributed by atoms with Crippen LogP contribution in [0.5, 0.6) is 0 Å². The highest BCUT2D eigenvalue weighted by Gasteiger charge is 2.17. The summed E-state index contributed by atoms with van der Waals surface area (Å²) >= 11 is 2.79. The fraction of sp³-hybridized carbons (Fsp3) is 0.174. The monoisotopic (exact) mass is 435 g/mol. The van der Waals surface area contributed by atoms with Crippen molar-refractivity contribution >= 4 is 44.9 Å². The molecular formula is C23H21N3O2S2. The van der Waals surface area contributed by atoms with Crippen LogP contribution in [0.3, 0.4) is 0 Å². The van der Waals surface area contributed by atoms with Crippen LogP contribution < -0.4 is 10.9 Å². The Morgan fingerprint density at radius 2 is 1.87 bits per heavy atom. The average molecular weight is 436 g/mol. The van der Waals surface area contributed by atoms with Gasteiger partial charge in [-0.15, -0.1) is 11.3 Å². The predicted octanol–water partition coefficient (Wildman–Crippen LogP) is 5.05. The first-order chi connectivity index (χ1) is 14.5. The van der Waals surface area contributed by atoms with Crippen molar-refractivity contribution in [2.75, 3.05) is 11.1 Å². The van der Waals surface area contributed by atoms with Crippen molar-refractivity contribution < 1.29 is 4.79 Å². The number of para-hydroxylation sites is 1. The van der Waals surface area contributed by atoms with E-state index in [1.165, 1.54) is 23.1 Å². The van der Waals surface area contributed by atoms with Gasteiger partial charge >= 0.3 is 0 Å². The first kappa shape index (κ1) is 20.4. The lowest BCUT2D eigenvalue weighted by atomic mass is 10.2. The van der Waals surface area contributed by atoms with E-state index in [0.717, 1.165) is 28.2 Å². The number of hydrogen-bond donors (Lipinski definition) is 1. The molecule has 0 aliphatic heterocycles. The highest BCUT2D eigenvalue weighted by molar-refractivity contribution is 7.99. The molecule has 7 heteroatoms. The van der Waals surface area contributed by atoms with Crippen molar-refractivity contribution in [3.8, 4) is 5.69 Å². The van der Waals surface area contributed by atoms with E-state index in [1.54, 1.807) is 4.57 Å². The van der Waals surface area contributed by atoms with Crippen LogP contribution in [0.2, 0.25) is 0 Å². The van der Waals surface area contributed by atoms with Crippen molar-refractivity contribution in [1.29, 1.82) is 0 Å². The molecule has 0 radical (unpaired) electrons. The van der Waals surface area contributed by atoms with Gasteiger partial charge in [0.2, 0.25) is 5.91 Å². The summed E-state index contributed by atoms with van der Waals surface area (Å²) in [5.74, 6) is 0.0169. The molecule has 0 atom stereocenters. The van der Waals surface area contributed by atoms with E-state index in [2.05, 4.69) is 12.2 Å². The fourth-order valence-corrected chi connectivity index (χ4v) is 4.87. The molecule has 1 amide bonds. The molecule has 5 nitrogen and oxygen atoms in total. The molecule has 2 aromatic heterocycles. The Hall–Kier alpha value is -2.90. The number of fused-ring (bicyclic) bond motifs is 1. The number of nitrogens with one attached hydrogen (secondary N) is 1. The predicted molar refractivity (Wildman–Crippen MR) is 125 cm³/mol. The van der Waals surface area contributed by atoms with Crippen LogP contribution in [0, 0.1) is 6.92 Å². The van der Waals surface area contributed by atoms with Gasteiger partial charge in [-0.25, -0.2) is 4.98 Å². The largest absolute Gasteiger partial charge is 0.325 e. The molecule has 0 spiro atoms. The van der Waals surface area contributed by atoms with Crippen molar-refractivity contribution in [1.82, 2.24) is 9.55 Å². The standard InChI is InChI=1S/C23H21N3O2S2/c1-3-18-13-19-21(30-18)25-23(26(22(19)28)17-7-5-4-6-8-17)29-14-20(27)24-16-11-9-15(2)10-12-16/h4-13H,3,14H2,1-2H3,(H,24,27). The van der Waals surface area contributed by atoms with E-state index >= 15 is 0 Å². The second kappa shape index (κ2) is 8.85. The molecule has 0 aliphatic rings. The van der Waals surface area contributed by atoms with Crippen LogP contribution in [-0.2, 0) is 11.2 Å². The molecule has 4 rings (SSSR count). The first-order valence-electron chi connectivity index (χ1n) is 9.65. The van der Waals surface area contributed by atoms with Gasteiger partial charge in [-0.3, -0.25) is 14.2 Å². The molecule has 30 heavy (non-hydrogen) atoms. The van der Waals surface area contributed by atoms with Crippen LogP contribution in [0.4, 0.5) is 5.69 Å². The van der Waals surface area contributed by atoms with E-state index in [0.29, 0.717) is 15.4 Å². The Morgan fingerprint density at radius 1 is 1.13 bits per heavy atom. The smallest absolute Gasteiger partial charge is 0.267 e. The molecule has 0 saturated heterocycles. The second-order valence-corrected chi connectivity index (χ2v) is 8.92. The Kier molecular flexibility index (Phi) is 6.01. The zero-order chi connectivity index (χ0) is 21.1. The minimum Gasteiger partial charge on any atom is -0.325 e. The molecule has 0 fully saturated rings. The lowest BCUT2D eigenvalue weighted by Crippen LogP contribution is -2.22. The van der Waals surface area contributed by atoms with Crippen LogP contribution in [-0.4, -0.2) is 21.2 Å². The molecule has 2 aromatic carbocycles. The zero-order valence-electron chi connectivity index (χ0n) is 16.7. The highest BCUT2D eigenvalue weighted by atomic mass is 32.2. The fourth-order valence-electron chi connectivity index (χ4n) is 3.05. The quantitative estimate of drug-likeness (QED) is 0.340. The molecule has 0 aliphatic carbocycles. The molecule has 0 unspecified atom stereocenters. The maximum absolute atomic E-state index is 13.3. The molecule has 0 bridgehead atoms. The van der Waals surface area contributed by atoms with Gasteiger partial charge in [0.1, 0.15) is 4.83 Å². The van der Waals surface area contributed by atoms with Crippen molar-refractivity contribution in [3.63, 3.8) is 0 Å². The maximum Gasteiger partial charge on any atom is 0.267 e. The topological polar surface area (TPSA) is 64.0 Å². The van der Waals surface area contributed by atoms with Crippen LogP contribution in [0.25, 0.3) is 15.9 Å². The Balaban J connectivity index is 1.65. The summed E-state index contributed by atoms with van der Waals surface area (Å²) in [5.41, 5.74) is 2.52. The summed E-state index contributed by atoms with van der Waals surface area (Å²) in [5, 5.41) is 4.03. The van der Waals surface area contributed by atoms with Gasteiger partial charge in [0.05, 0.1) is 16.8 Å². The third kappa shape index (κ3) is 4.32.